The molecule has 0 radical (unpaired) electrons. The molecule has 0 fully saturated rings. The Morgan fingerprint density at radius 1 is 1.12 bits per heavy atom. The van der Waals surface area contributed by atoms with Gasteiger partial charge >= 0.3 is 5.97 Å². The Morgan fingerprint density at radius 3 is 2.46 bits per heavy atom. The summed E-state index contributed by atoms with van der Waals surface area (Å²) >= 11 is 0. The molecule has 26 heavy (non-hydrogen) atoms. The van der Waals surface area contributed by atoms with E-state index in [1.807, 2.05) is 12.1 Å². The number of benzene rings is 2. The van der Waals surface area contributed by atoms with Crippen LogP contribution in [-0.2, 0) is 11.8 Å². The first-order valence-corrected chi connectivity index (χ1v) is 8.78. The van der Waals surface area contributed by atoms with Gasteiger partial charge in [-0.1, -0.05) is 49.3 Å². The Labute approximate surface area is 153 Å². The molecule has 0 amide bonds. The van der Waals surface area contributed by atoms with Crippen LogP contribution < -0.4 is 0 Å². The largest absolute Gasteiger partial charge is 0.478 e. The van der Waals surface area contributed by atoms with Crippen molar-refractivity contribution in [2.24, 2.45) is 5.16 Å². The van der Waals surface area contributed by atoms with Gasteiger partial charge in [-0.2, -0.15) is 0 Å². The molecule has 134 valence electrons. The van der Waals surface area contributed by atoms with E-state index in [2.05, 4.69) is 31.1 Å². The molecule has 3 rings (SSSR count). The van der Waals surface area contributed by atoms with Gasteiger partial charge in [0.1, 0.15) is 5.71 Å². The zero-order chi connectivity index (χ0) is 18.7. The first-order chi connectivity index (χ1) is 12.4. The van der Waals surface area contributed by atoms with Crippen molar-refractivity contribution in [3.8, 4) is 0 Å². The van der Waals surface area contributed by atoms with Crippen molar-refractivity contribution in [3.05, 3.63) is 76.4 Å². The summed E-state index contributed by atoms with van der Waals surface area (Å²) in [4.78, 5) is 10.9. The third-order valence-electron chi connectivity index (χ3n) is 5.08. The summed E-state index contributed by atoms with van der Waals surface area (Å²) in [5.74, 6) is -0.949. The van der Waals surface area contributed by atoms with Crippen LogP contribution in [-0.4, -0.2) is 22.0 Å². The molecule has 0 heterocycles. The van der Waals surface area contributed by atoms with Gasteiger partial charge in [-0.05, 0) is 65.6 Å². The summed E-state index contributed by atoms with van der Waals surface area (Å²) < 4.78 is 0. The highest BCUT2D eigenvalue weighted by Crippen LogP contribution is 2.37. The molecular weight excluding hydrogens is 326 g/mol. The number of allylic oxidation sites excluding steroid dienone is 1. The van der Waals surface area contributed by atoms with E-state index in [1.54, 1.807) is 30.3 Å². The predicted molar refractivity (Wildman–Crippen MR) is 103 cm³/mol. The molecule has 4 nitrogen and oxygen atoms in total. The number of fused-ring (bicyclic) bond motifs is 1. The molecule has 2 aromatic carbocycles. The lowest BCUT2D eigenvalue weighted by Crippen LogP contribution is -2.24. The van der Waals surface area contributed by atoms with Crippen molar-refractivity contribution in [1.82, 2.24) is 0 Å². The second-order valence-corrected chi connectivity index (χ2v) is 7.36. The van der Waals surface area contributed by atoms with Gasteiger partial charge < -0.3 is 10.3 Å². The number of oxime groups is 1. The number of carboxylic acids is 1. The number of hydrogen-bond acceptors (Lipinski definition) is 3. The molecule has 0 aromatic heterocycles. The maximum atomic E-state index is 10.9. The maximum Gasteiger partial charge on any atom is 0.335 e. The van der Waals surface area contributed by atoms with Crippen molar-refractivity contribution in [2.75, 3.05) is 0 Å². The first-order valence-electron chi connectivity index (χ1n) is 8.78. The Hall–Kier alpha value is -2.88. The second-order valence-electron chi connectivity index (χ2n) is 7.36. The van der Waals surface area contributed by atoms with Crippen LogP contribution in [0, 0.1) is 0 Å². The van der Waals surface area contributed by atoms with Crippen LogP contribution in [0.1, 0.15) is 59.3 Å². The Bertz CT molecular complexity index is 877. The van der Waals surface area contributed by atoms with Crippen LogP contribution >= 0.6 is 0 Å². The van der Waals surface area contributed by atoms with Crippen molar-refractivity contribution >= 4 is 17.8 Å². The van der Waals surface area contributed by atoms with Crippen molar-refractivity contribution < 1.29 is 15.1 Å². The maximum absolute atomic E-state index is 10.9. The number of aryl methyl sites for hydroxylation is 1. The molecule has 0 saturated heterocycles. The zero-order valence-electron chi connectivity index (χ0n) is 15.1. The van der Waals surface area contributed by atoms with E-state index < -0.39 is 5.97 Å². The number of carbonyl (C=O) groups is 1. The molecule has 1 aliphatic carbocycles. The van der Waals surface area contributed by atoms with Gasteiger partial charge in [0.25, 0.3) is 0 Å². The summed E-state index contributed by atoms with van der Waals surface area (Å²) in [6.07, 6.45) is 7.00. The summed E-state index contributed by atoms with van der Waals surface area (Å²) in [7, 11) is 0. The lowest BCUT2D eigenvalue weighted by atomic mass is 9.72. The fourth-order valence-corrected chi connectivity index (χ4v) is 3.54. The molecule has 1 aliphatic rings. The quantitative estimate of drug-likeness (QED) is 0.469. The number of aromatic carboxylic acids is 1. The molecule has 4 heteroatoms. The van der Waals surface area contributed by atoms with E-state index in [9.17, 15) is 10.0 Å². The average Bonchev–Trinajstić information content (AvgIpc) is 2.63. The minimum atomic E-state index is -0.949. The van der Waals surface area contributed by atoms with E-state index >= 15 is 0 Å². The van der Waals surface area contributed by atoms with Gasteiger partial charge in [0.05, 0.1) is 5.56 Å². The predicted octanol–water partition coefficient (Wildman–Crippen LogP) is 4.89. The molecule has 2 aromatic rings. The minimum Gasteiger partial charge on any atom is -0.478 e. The van der Waals surface area contributed by atoms with Gasteiger partial charge in [0, 0.05) is 5.56 Å². The van der Waals surface area contributed by atoms with E-state index in [4.69, 9.17) is 5.11 Å². The summed E-state index contributed by atoms with van der Waals surface area (Å²) in [5.41, 5.74) is 5.26. The van der Waals surface area contributed by atoms with Crippen LogP contribution in [0.2, 0.25) is 0 Å². The van der Waals surface area contributed by atoms with Crippen molar-refractivity contribution in [2.45, 2.75) is 38.5 Å². The monoisotopic (exact) mass is 349 g/mol. The van der Waals surface area contributed by atoms with E-state index in [0.717, 1.165) is 24.0 Å². The van der Waals surface area contributed by atoms with E-state index in [0.29, 0.717) is 5.71 Å². The van der Waals surface area contributed by atoms with Crippen molar-refractivity contribution in [1.29, 1.82) is 0 Å². The first kappa shape index (κ1) is 17.9. The molecule has 0 aliphatic heterocycles. The Balaban J connectivity index is 1.87. The summed E-state index contributed by atoms with van der Waals surface area (Å²) in [6, 6.07) is 12.8. The Morgan fingerprint density at radius 2 is 1.81 bits per heavy atom. The van der Waals surface area contributed by atoms with Crippen LogP contribution in [0.25, 0.3) is 6.08 Å². The standard InChI is InChI=1S/C22H23NO3/c1-22(2)13-3-4-16-10-11-18(14-19(16)22)20(23-26)12-7-15-5-8-17(9-6-15)21(24)25/h5-12,14,26H,3-4,13H2,1-2H3,(H,24,25)/b12-7+,23-20?. The minimum absolute atomic E-state index is 0.126. The van der Waals surface area contributed by atoms with Gasteiger partial charge in [0.15, 0.2) is 0 Å². The topological polar surface area (TPSA) is 69.9 Å². The third-order valence-corrected chi connectivity index (χ3v) is 5.08. The summed E-state index contributed by atoms with van der Waals surface area (Å²) in [5, 5.41) is 21.9. The van der Waals surface area contributed by atoms with Crippen LogP contribution in [0.5, 0.6) is 0 Å². The lowest BCUT2D eigenvalue weighted by molar-refractivity contribution is 0.0697. The Kier molecular flexibility index (Phi) is 4.94. The van der Waals surface area contributed by atoms with Gasteiger partial charge in [-0.3, -0.25) is 0 Å². The van der Waals surface area contributed by atoms with Crippen LogP contribution in [0.15, 0.2) is 53.7 Å². The molecule has 2 N–H and O–H groups in total. The fourth-order valence-electron chi connectivity index (χ4n) is 3.54. The highest BCUT2D eigenvalue weighted by molar-refractivity contribution is 6.10. The molecule has 0 bridgehead atoms. The third kappa shape index (κ3) is 3.69. The normalized spacial score (nSPS) is 16.5. The van der Waals surface area contributed by atoms with Gasteiger partial charge in [-0.15, -0.1) is 0 Å². The number of rotatable bonds is 4. The van der Waals surface area contributed by atoms with E-state index in [-0.39, 0.29) is 11.0 Å². The SMILES string of the molecule is CC1(C)CCCc2ccc(C(/C=C/c3ccc(C(=O)O)cc3)=NO)cc21. The number of hydrogen-bond donors (Lipinski definition) is 2. The highest BCUT2D eigenvalue weighted by atomic mass is 16.4. The molecule has 0 atom stereocenters. The zero-order valence-corrected chi connectivity index (χ0v) is 15.1. The van der Waals surface area contributed by atoms with Crippen molar-refractivity contribution in [3.63, 3.8) is 0 Å². The molecule has 0 saturated carbocycles. The fraction of sp³-hybridized carbons (Fsp3) is 0.273. The van der Waals surface area contributed by atoms with Crippen LogP contribution in [0.3, 0.4) is 0 Å². The van der Waals surface area contributed by atoms with Crippen LogP contribution in [0.4, 0.5) is 0 Å². The molecule has 0 spiro atoms. The lowest BCUT2D eigenvalue weighted by Gasteiger charge is -2.33. The van der Waals surface area contributed by atoms with Gasteiger partial charge in [-0.25, -0.2) is 4.79 Å². The highest BCUT2D eigenvalue weighted by Gasteiger charge is 2.27. The average molecular weight is 349 g/mol. The smallest absolute Gasteiger partial charge is 0.335 e. The number of nitrogens with zero attached hydrogens (tertiary/aromatic N) is 1. The number of carboxylic acid groups (broad SMARTS) is 1. The summed E-state index contributed by atoms with van der Waals surface area (Å²) in [6.45, 7) is 4.51. The second kappa shape index (κ2) is 7.16. The van der Waals surface area contributed by atoms with E-state index in [1.165, 1.54) is 17.5 Å². The molecule has 0 unspecified atom stereocenters. The van der Waals surface area contributed by atoms with Gasteiger partial charge in [0.2, 0.25) is 0 Å². The molecular formula is C22H23NO3.